The number of hydrogen-bond donors (Lipinski definition) is 3. The number of nitrogen functional groups attached to an aromatic ring is 1. The second kappa shape index (κ2) is 4.78. The fraction of sp³-hybridized carbons (Fsp3) is 0. The van der Waals surface area contributed by atoms with Gasteiger partial charge in [0.15, 0.2) is 5.13 Å². The molecule has 0 fully saturated rings. The summed E-state index contributed by atoms with van der Waals surface area (Å²) < 4.78 is 0. The molecule has 0 aliphatic heterocycles. The van der Waals surface area contributed by atoms with Crippen LogP contribution < -0.4 is 16.9 Å². The van der Waals surface area contributed by atoms with E-state index in [1.54, 1.807) is 12.1 Å². The third kappa shape index (κ3) is 2.39. The molecule has 0 aliphatic carbocycles. The molecule has 100 valence electrons. The summed E-state index contributed by atoms with van der Waals surface area (Å²) in [4.78, 5) is 31.6. The normalized spacial score (nSPS) is 11.4. The van der Waals surface area contributed by atoms with Gasteiger partial charge in [-0.05, 0) is 23.8 Å². The minimum atomic E-state index is -0.661. The van der Waals surface area contributed by atoms with Gasteiger partial charge in [0.05, 0.1) is 16.7 Å². The van der Waals surface area contributed by atoms with Crippen LogP contribution in [0.3, 0.4) is 0 Å². The van der Waals surface area contributed by atoms with Gasteiger partial charge in [0, 0.05) is 5.38 Å². The fourth-order valence-corrected chi connectivity index (χ4v) is 2.33. The summed E-state index contributed by atoms with van der Waals surface area (Å²) in [6, 6.07) is 5.35. The highest BCUT2D eigenvalue weighted by Crippen LogP contribution is 2.15. The zero-order valence-electron chi connectivity index (χ0n) is 10.2. The maximum absolute atomic E-state index is 11.3. The molecule has 6 nitrogen and oxygen atoms in total. The number of nitrogens with two attached hydrogens (primary N) is 1. The number of hydrogen-bond acceptors (Lipinski definition) is 5. The Labute approximate surface area is 116 Å². The van der Waals surface area contributed by atoms with Gasteiger partial charge >= 0.3 is 11.1 Å². The summed E-state index contributed by atoms with van der Waals surface area (Å²) in [6.07, 6.45) is 3.69. The molecule has 0 saturated heterocycles. The third-order valence-electron chi connectivity index (χ3n) is 2.73. The third-order valence-corrected chi connectivity index (χ3v) is 3.42. The predicted molar refractivity (Wildman–Crippen MR) is 80.6 cm³/mol. The first-order valence-corrected chi connectivity index (χ1v) is 6.65. The molecule has 0 radical (unpaired) electrons. The van der Waals surface area contributed by atoms with Gasteiger partial charge in [-0.15, -0.1) is 11.3 Å². The fourth-order valence-electron chi connectivity index (χ4n) is 1.79. The Morgan fingerprint density at radius 2 is 1.85 bits per heavy atom. The van der Waals surface area contributed by atoms with Gasteiger partial charge in [0.25, 0.3) is 0 Å². The molecule has 4 N–H and O–H groups in total. The van der Waals surface area contributed by atoms with Crippen molar-refractivity contribution in [1.82, 2.24) is 15.0 Å². The highest BCUT2D eigenvalue weighted by atomic mass is 32.1. The van der Waals surface area contributed by atoms with Crippen LogP contribution in [0.2, 0.25) is 0 Å². The number of nitrogens with one attached hydrogen (secondary N) is 2. The molecular weight excluding hydrogens is 276 g/mol. The molecule has 2 aromatic heterocycles. The van der Waals surface area contributed by atoms with Crippen LogP contribution in [-0.2, 0) is 0 Å². The van der Waals surface area contributed by atoms with Gasteiger partial charge in [-0.1, -0.05) is 12.1 Å². The van der Waals surface area contributed by atoms with E-state index < -0.39 is 11.1 Å². The molecular formula is C13H10N4O2S. The molecule has 3 rings (SSSR count). The summed E-state index contributed by atoms with van der Waals surface area (Å²) in [6.45, 7) is 0. The maximum Gasteiger partial charge on any atom is 0.314 e. The molecule has 3 aromatic rings. The van der Waals surface area contributed by atoms with E-state index in [9.17, 15) is 9.59 Å². The second-order valence-electron chi connectivity index (χ2n) is 4.16. The van der Waals surface area contributed by atoms with Crippen LogP contribution in [0, 0.1) is 0 Å². The maximum atomic E-state index is 11.3. The first-order chi connectivity index (χ1) is 9.61. The van der Waals surface area contributed by atoms with Crippen molar-refractivity contribution in [1.29, 1.82) is 0 Å². The van der Waals surface area contributed by atoms with E-state index >= 15 is 0 Å². The monoisotopic (exact) mass is 286 g/mol. The zero-order valence-corrected chi connectivity index (χ0v) is 11.0. The Hall–Kier alpha value is -2.67. The van der Waals surface area contributed by atoms with Crippen LogP contribution in [0.1, 0.15) is 11.3 Å². The average molecular weight is 286 g/mol. The molecule has 0 unspecified atom stereocenters. The van der Waals surface area contributed by atoms with Crippen molar-refractivity contribution >= 4 is 39.7 Å². The van der Waals surface area contributed by atoms with E-state index in [-0.39, 0.29) is 0 Å². The zero-order chi connectivity index (χ0) is 14.1. The number of aromatic amines is 2. The van der Waals surface area contributed by atoms with Gasteiger partial charge in [0.1, 0.15) is 0 Å². The van der Waals surface area contributed by atoms with Crippen LogP contribution in [0.4, 0.5) is 5.13 Å². The van der Waals surface area contributed by atoms with Gasteiger partial charge in [-0.3, -0.25) is 9.59 Å². The molecule has 7 heteroatoms. The number of fused-ring (bicyclic) bond motifs is 1. The minimum absolute atomic E-state index is 0.519. The summed E-state index contributed by atoms with van der Waals surface area (Å²) in [7, 11) is 0. The van der Waals surface area contributed by atoms with Crippen molar-refractivity contribution in [3.05, 3.63) is 55.5 Å². The van der Waals surface area contributed by atoms with Gasteiger partial charge < -0.3 is 15.7 Å². The molecule has 0 saturated carbocycles. The topological polar surface area (TPSA) is 105 Å². The molecule has 20 heavy (non-hydrogen) atoms. The van der Waals surface area contributed by atoms with E-state index in [2.05, 4.69) is 15.0 Å². The summed E-state index contributed by atoms with van der Waals surface area (Å²) in [5, 5.41) is 2.37. The first-order valence-electron chi connectivity index (χ1n) is 5.77. The summed E-state index contributed by atoms with van der Waals surface area (Å²) >= 11 is 1.37. The van der Waals surface area contributed by atoms with Crippen LogP contribution in [0.15, 0.2) is 33.2 Å². The van der Waals surface area contributed by atoms with Crippen molar-refractivity contribution in [3.63, 3.8) is 0 Å². The largest absolute Gasteiger partial charge is 0.375 e. The number of aromatic nitrogens is 3. The van der Waals surface area contributed by atoms with Crippen LogP contribution >= 0.6 is 11.3 Å². The van der Waals surface area contributed by atoms with Crippen LogP contribution in [0.25, 0.3) is 23.2 Å². The summed E-state index contributed by atoms with van der Waals surface area (Å²) in [5.74, 6) is 0. The average Bonchev–Trinajstić information content (AvgIpc) is 2.84. The molecule has 0 atom stereocenters. The number of benzene rings is 1. The van der Waals surface area contributed by atoms with Crippen molar-refractivity contribution in [2.45, 2.75) is 0 Å². The first kappa shape index (κ1) is 12.4. The van der Waals surface area contributed by atoms with Gasteiger partial charge in [-0.25, -0.2) is 4.98 Å². The highest BCUT2D eigenvalue weighted by molar-refractivity contribution is 7.13. The number of nitrogens with zero attached hydrogens (tertiary/aromatic N) is 1. The number of H-pyrrole nitrogens is 2. The highest BCUT2D eigenvalue weighted by Gasteiger charge is 2.00. The Bertz CT molecular complexity index is 920. The van der Waals surface area contributed by atoms with E-state index in [1.165, 1.54) is 11.3 Å². The lowest BCUT2D eigenvalue weighted by atomic mass is 10.1. The van der Waals surface area contributed by atoms with Gasteiger partial charge in [-0.2, -0.15) is 0 Å². The van der Waals surface area contributed by atoms with E-state index in [0.29, 0.717) is 16.2 Å². The molecule has 1 aromatic carbocycles. The Balaban J connectivity index is 2.00. The lowest BCUT2D eigenvalue weighted by molar-refractivity contribution is 1.15. The van der Waals surface area contributed by atoms with Gasteiger partial charge in [0.2, 0.25) is 0 Å². The number of thiazole rings is 1. The van der Waals surface area contributed by atoms with Crippen molar-refractivity contribution in [3.8, 4) is 0 Å². The van der Waals surface area contributed by atoms with E-state index in [4.69, 9.17) is 5.73 Å². The minimum Gasteiger partial charge on any atom is -0.375 e. The molecule has 0 amide bonds. The lowest BCUT2D eigenvalue weighted by Crippen LogP contribution is -2.28. The van der Waals surface area contributed by atoms with Crippen molar-refractivity contribution in [2.75, 3.05) is 5.73 Å². The lowest BCUT2D eigenvalue weighted by Gasteiger charge is -1.98. The smallest absolute Gasteiger partial charge is 0.314 e. The molecule has 2 heterocycles. The Morgan fingerprint density at radius 1 is 1.10 bits per heavy atom. The second-order valence-corrected chi connectivity index (χ2v) is 5.05. The molecule has 0 bridgehead atoms. The predicted octanol–water partition coefficient (Wildman–Crippen LogP) is 1.43. The van der Waals surface area contributed by atoms with Crippen molar-refractivity contribution < 1.29 is 0 Å². The number of rotatable bonds is 2. The Kier molecular flexibility index (Phi) is 2.96. The molecule has 0 aliphatic rings. The van der Waals surface area contributed by atoms with Crippen molar-refractivity contribution in [2.24, 2.45) is 0 Å². The van der Waals surface area contributed by atoms with Crippen LogP contribution in [0.5, 0.6) is 0 Å². The summed E-state index contributed by atoms with van der Waals surface area (Å²) in [5.41, 5.74) is 7.07. The van der Waals surface area contributed by atoms with E-state index in [0.717, 1.165) is 11.3 Å². The van der Waals surface area contributed by atoms with E-state index in [1.807, 2.05) is 23.6 Å². The Morgan fingerprint density at radius 3 is 2.55 bits per heavy atom. The van der Waals surface area contributed by atoms with Crippen LogP contribution in [-0.4, -0.2) is 15.0 Å². The molecule has 0 spiro atoms. The SMILES string of the molecule is Nc1nc(C=Cc2ccc3[nH]c(=O)c(=O)[nH]c3c2)cs1. The standard InChI is InChI=1S/C13H10N4O2S/c14-13-15-8(6-20-13)3-1-7-2-4-9-10(5-7)17-12(19)11(18)16-9/h1-6H,(H2,14,15)(H,16,18)(H,17,19). The quantitative estimate of drug-likeness (QED) is 0.620. The number of anilines is 1.